The first kappa shape index (κ1) is 14.9. The number of nitrogens with one attached hydrogen (secondary N) is 1. The van der Waals surface area contributed by atoms with Gasteiger partial charge >= 0.3 is 0 Å². The van der Waals surface area contributed by atoms with Gasteiger partial charge in [0.05, 0.1) is 13.5 Å². The number of anilines is 1. The van der Waals surface area contributed by atoms with Crippen LogP contribution >= 0.6 is 0 Å². The molecular weight excluding hydrogens is 290 g/mol. The molecule has 3 aromatic rings. The zero-order chi connectivity index (χ0) is 16.2. The number of hydrogen-bond acceptors (Lipinski definition) is 3. The molecule has 0 aliphatic heterocycles. The molecule has 0 fully saturated rings. The van der Waals surface area contributed by atoms with E-state index in [0.29, 0.717) is 5.69 Å². The molecule has 23 heavy (non-hydrogen) atoms. The largest absolute Gasteiger partial charge is 0.507 e. The van der Waals surface area contributed by atoms with Gasteiger partial charge < -0.3 is 15.2 Å². The Balaban J connectivity index is 1.79. The SMILES string of the molecule is COc1ccc(CC(=O)Nc2ccc(O)c3ccccc23)cc1. The quantitative estimate of drug-likeness (QED) is 0.722. The lowest BCUT2D eigenvalue weighted by atomic mass is 10.1. The second-order valence-corrected chi connectivity index (χ2v) is 5.25. The summed E-state index contributed by atoms with van der Waals surface area (Å²) in [6.07, 6.45) is 0.277. The molecule has 4 heteroatoms. The van der Waals surface area contributed by atoms with Gasteiger partial charge in [0.15, 0.2) is 0 Å². The minimum absolute atomic E-state index is 0.106. The summed E-state index contributed by atoms with van der Waals surface area (Å²) < 4.78 is 5.10. The van der Waals surface area contributed by atoms with Gasteiger partial charge in [0.1, 0.15) is 11.5 Å². The molecular formula is C19H17NO3. The third-order valence-corrected chi connectivity index (χ3v) is 3.70. The highest BCUT2D eigenvalue weighted by Crippen LogP contribution is 2.30. The number of methoxy groups -OCH3 is 1. The van der Waals surface area contributed by atoms with E-state index in [2.05, 4.69) is 5.32 Å². The maximum Gasteiger partial charge on any atom is 0.228 e. The minimum Gasteiger partial charge on any atom is -0.507 e. The van der Waals surface area contributed by atoms with Crippen LogP contribution in [0, 0.1) is 0 Å². The van der Waals surface area contributed by atoms with Gasteiger partial charge in [-0.25, -0.2) is 0 Å². The number of fused-ring (bicyclic) bond motifs is 1. The van der Waals surface area contributed by atoms with Crippen LogP contribution in [0.2, 0.25) is 0 Å². The maximum atomic E-state index is 12.3. The number of rotatable bonds is 4. The Morgan fingerprint density at radius 3 is 2.39 bits per heavy atom. The van der Waals surface area contributed by atoms with E-state index in [9.17, 15) is 9.90 Å². The van der Waals surface area contributed by atoms with Crippen molar-refractivity contribution in [2.24, 2.45) is 0 Å². The maximum absolute atomic E-state index is 12.3. The molecule has 0 aliphatic rings. The molecule has 0 saturated heterocycles. The molecule has 116 valence electrons. The second-order valence-electron chi connectivity index (χ2n) is 5.25. The molecule has 0 bridgehead atoms. The number of phenolic OH excluding ortho intramolecular Hbond substituents is 1. The normalized spacial score (nSPS) is 10.5. The van der Waals surface area contributed by atoms with Gasteiger partial charge in [-0.3, -0.25) is 4.79 Å². The average molecular weight is 307 g/mol. The van der Waals surface area contributed by atoms with Crippen LogP contribution in [0.3, 0.4) is 0 Å². The summed E-state index contributed by atoms with van der Waals surface area (Å²) in [5.41, 5.74) is 1.60. The number of carbonyl (C=O) groups excluding carboxylic acids is 1. The van der Waals surface area contributed by atoms with Crippen molar-refractivity contribution in [1.82, 2.24) is 0 Å². The summed E-state index contributed by atoms with van der Waals surface area (Å²) in [5.74, 6) is 0.860. The number of amides is 1. The molecule has 2 N–H and O–H groups in total. The van der Waals surface area contributed by atoms with E-state index in [4.69, 9.17) is 4.74 Å². The highest BCUT2D eigenvalue weighted by atomic mass is 16.5. The molecule has 3 aromatic carbocycles. The van der Waals surface area contributed by atoms with Crippen LogP contribution in [0.25, 0.3) is 10.8 Å². The lowest BCUT2D eigenvalue weighted by Gasteiger charge is -2.10. The molecule has 0 aliphatic carbocycles. The van der Waals surface area contributed by atoms with E-state index in [1.54, 1.807) is 19.2 Å². The number of carbonyl (C=O) groups is 1. The van der Waals surface area contributed by atoms with Gasteiger partial charge in [-0.05, 0) is 29.8 Å². The Morgan fingerprint density at radius 1 is 1.00 bits per heavy atom. The number of phenols is 1. The lowest BCUT2D eigenvalue weighted by molar-refractivity contribution is -0.115. The Morgan fingerprint density at radius 2 is 1.70 bits per heavy atom. The molecule has 0 spiro atoms. The number of aromatic hydroxyl groups is 1. The van der Waals surface area contributed by atoms with Gasteiger partial charge in [0.25, 0.3) is 0 Å². The number of ether oxygens (including phenoxy) is 1. The topological polar surface area (TPSA) is 58.6 Å². The molecule has 0 saturated carbocycles. The third kappa shape index (κ3) is 3.26. The van der Waals surface area contributed by atoms with Crippen LogP contribution < -0.4 is 10.1 Å². The zero-order valence-electron chi connectivity index (χ0n) is 12.7. The molecule has 0 aromatic heterocycles. The Bertz CT molecular complexity index is 841. The Hall–Kier alpha value is -3.01. The van der Waals surface area contributed by atoms with Crippen LogP contribution in [0.1, 0.15) is 5.56 Å². The standard InChI is InChI=1S/C19H17NO3/c1-23-14-8-6-13(7-9-14)12-19(22)20-17-10-11-18(21)16-5-3-2-4-15(16)17/h2-11,21H,12H2,1H3,(H,20,22). The number of hydrogen-bond donors (Lipinski definition) is 2. The first-order valence-corrected chi connectivity index (χ1v) is 7.31. The summed E-state index contributed by atoms with van der Waals surface area (Å²) in [6, 6.07) is 18.1. The average Bonchev–Trinajstić information content (AvgIpc) is 2.58. The molecule has 0 heterocycles. The molecule has 3 rings (SSSR count). The minimum atomic E-state index is -0.106. The van der Waals surface area contributed by atoms with Crippen molar-refractivity contribution < 1.29 is 14.6 Å². The molecule has 1 amide bonds. The number of benzene rings is 3. The molecule has 0 unspecified atom stereocenters. The fourth-order valence-corrected chi connectivity index (χ4v) is 2.52. The summed E-state index contributed by atoms with van der Waals surface area (Å²) in [5, 5.41) is 14.3. The van der Waals surface area contributed by atoms with E-state index < -0.39 is 0 Å². The van der Waals surface area contributed by atoms with E-state index in [1.165, 1.54) is 0 Å². The van der Waals surface area contributed by atoms with Crippen molar-refractivity contribution in [3.05, 3.63) is 66.2 Å². The fraction of sp³-hybridized carbons (Fsp3) is 0.105. The van der Waals surface area contributed by atoms with Crippen molar-refractivity contribution in [2.45, 2.75) is 6.42 Å². The summed E-state index contributed by atoms with van der Waals surface area (Å²) >= 11 is 0. The molecule has 4 nitrogen and oxygen atoms in total. The van der Waals surface area contributed by atoms with E-state index in [0.717, 1.165) is 22.1 Å². The van der Waals surface area contributed by atoms with Crippen LogP contribution in [0.15, 0.2) is 60.7 Å². The highest BCUT2D eigenvalue weighted by molar-refractivity contribution is 6.04. The van der Waals surface area contributed by atoms with E-state index in [1.807, 2.05) is 48.5 Å². The monoisotopic (exact) mass is 307 g/mol. The van der Waals surface area contributed by atoms with Gasteiger partial charge in [0.2, 0.25) is 5.91 Å². The van der Waals surface area contributed by atoms with E-state index in [-0.39, 0.29) is 18.1 Å². The highest BCUT2D eigenvalue weighted by Gasteiger charge is 2.09. The van der Waals surface area contributed by atoms with Gasteiger partial charge in [-0.2, -0.15) is 0 Å². The van der Waals surface area contributed by atoms with Crippen LogP contribution in [0.5, 0.6) is 11.5 Å². The first-order valence-electron chi connectivity index (χ1n) is 7.31. The van der Waals surface area contributed by atoms with Crippen molar-refractivity contribution in [2.75, 3.05) is 12.4 Å². The second kappa shape index (κ2) is 6.40. The summed E-state index contributed by atoms with van der Waals surface area (Å²) in [4.78, 5) is 12.3. The van der Waals surface area contributed by atoms with Crippen LogP contribution in [-0.2, 0) is 11.2 Å². The smallest absolute Gasteiger partial charge is 0.228 e. The lowest BCUT2D eigenvalue weighted by Crippen LogP contribution is -2.14. The summed E-state index contributed by atoms with van der Waals surface area (Å²) in [7, 11) is 1.61. The van der Waals surface area contributed by atoms with Crippen LogP contribution in [0.4, 0.5) is 5.69 Å². The van der Waals surface area contributed by atoms with Gasteiger partial charge in [-0.1, -0.05) is 36.4 Å². The predicted molar refractivity (Wildman–Crippen MR) is 90.9 cm³/mol. The van der Waals surface area contributed by atoms with Crippen molar-refractivity contribution in [3.8, 4) is 11.5 Å². The first-order chi connectivity index (χ1) is 11.2. The van der Waals surface area contributed by atoms with Crippen molar-refractivity contribution >= 4 is 22.4 Å². The van der Waals surface area contributed by atoms with Crippen LogP contribution in [-0.4, -0.2) is 18.1 Å². The fourth-order valence-electron chi connectivity index (χ4n) is 2.52. The summed E-state index contributed by atoms with van der Waals surface area (Å²) in [6.45, 7) is 0. The molecule has 0 radical (unpaired) electrons. The van der Waals surface area contributed by atoms with E-state index >= 15 is 0 Å². The Kier molecular flexibility index (Phi) is 4.15. The van der Waals surface area contributed by atoms with Gasteiger partial charge in [-0.15, -0.1) is 0 Å². The molecule has 0 atom stereocenters. The predicted octanol–water partition coefficient (Wildman–Crippen LogP) is 3.74. The zero-order valence-corrected chi connectivity index (χ0v) is 12.7. The van der Waals surface area contributed by atoms with Crippen molar-refractivity contribution in [3.63, 3.8) is 0 Å². The Labute approximate surface area is 134 Å². The van der Waals surface area contributed by atoms with Gasteiger partial charge in [0, 0.05) is 16.5 Å². The third-order valence-electron chi connectivity index (χ3n) is 3.70. The van der Waals surface area contributed by atoms with Crippen molar-refractivity contribution in [1.29, 1.82) is 0 Å².